The second kappa shape index (κ2) is 8.17. The first-order valence-corrected chi connectivity index (χ1v) is 11.5. The third kappa shape index (κ3) is 4.19. The van der Waals surface area contributed by atoms with Gasteiger partial charge in [0.25, 0.3) is 0 Å². The molecule has 0 radical (unpaired) electrons. The molecular weight excluding hydrogens is 412 g/mol. The van der Waals surface area contributed by atoms with Crippen LogP contribution >= 0.6 is 0 Å². The first-order chi connectivity index (χ1) is 14.8. The molecule has 4 rings (SSSR count). The summed E-state index contributed by atoms with van der Waals surface area (Å²) < 4.78 is 32.5. The maximum Gasteiger partial charge on any atom is 0.415 e. The molecule has 3 aromatic carbocycles. The summed E-state index contributed by atoms with van der Waals surface area (Å²) in [5, 5.41) is 0. The van der Waals surface area contributed by atoms with Crippen LogP contribution in [0.2, 0.25) is 0 Å². The highest BCUT2D eigenvalue weighted by Crippen LogP contribution is 2.36. The fraction of sp³-hybridized carbons (Fsp3) is 0.208. The van der Waals surface area contributed by atoms with E-state index in [1.54, 1.807) is 23.1 Å². The number of anilines is 1. The van der Waals surface area contributed by atoms with E-state index in [0.717, 1.165) is 16.7 Å². The van der Waals surface area contributed by atoms with Gasteiger partial charge in [-0.05, 0) is 54.9 Å². The largest absolute Gasteiger partial charge is 0.438 e. The molecule has 1 heterocycles. The van der Waals surface area contributed by atoms with Gasteiger partial charge in [0.1, 0.15) is 5.60 Å². The van der Waals surface area contributed by atoms with Crippen molar-refractivity contribution in [2.45, 2.75) is 23.8 Å². The van der Waals surface area contributed by atoms with Crippen LogP contribution in [0, 0.1) is 0 Å². The van der Waals surface area contributed by atoms with Gasteiger partial charge < -0.3 is 4.74 Å². The van der Waals surface area contributed by atoms with Gasteiger partial charge in [-0.1, -0.05) is 54.6 Å². The van der Waals surface area contributed by atoms with E-state index in [9.17, 15) is 13.2 Å². The Labute approximate surface area is 182 Å². The molecule has 1 amide bonds. The van der Waals surface area contributed by atoms with Crippen molar-refractivity contribution in [3.63, 3.8) is 0 Å². The summed E-state index contributed by atoms with van der Waals surface area (Å²) in [4.78, 5) is 14.7. The molecule has 7 heteroatoms. The number of amides is 1. The summed E-state index contributed by atoms with van der Waals surface area (Å²) in [7, 11) is -2.16. The maximum atomic E-state index is 12.9. The Hall–Kier alpha value is -3.16. The summed E-state index contributed by atoms with van der Waals surface area (Å²) in [6.45, 7) is 2.45. The predicted octanol–water partition coefficient (Wildman–Crippen LogP) is 4.52. The van der Waals surface area contributed by atoms with Crippen molar-refractivity contribution in [3.8, 4) is 11.1 Å². The van der Waals surface area contributed by atoms with E-state index < -0.39 is 21.7 Å². The van der Waals surface area contributed by atoms with Gasteiger partial charge in [0.2, 0.25) is 10.0 Å². The van der Waals surface area contributed by atoms with E-state index in [2.05, 4.69) is 4.72 Å². The molecule has 1 aliphatic rings. The number of carbonyl (C=O) groups excluding carboxylic acids is 1. The summed E-state index contributed by atoms with van der Waals surface area (Å²) in [5.74, 6) is 0. The molecule has 31 heavy (non-hydrogen) atoms. The van der Waals surface area contributed by atoms with Crippen molar-refractivity contribution >= 4 is 21.8 Å². The van der Waals surface area contributed by atoms with Crippen molar-refractivity contribution in [2.75, 3.05) is 18.5 Å². The van der Waals surface area contributed by atoms with Gasteiger partial charge in [0.05, 0.1) is 4.90 Å². The van der Waals surface area contributed by atoms with E-state index in [1.165, 1.54) is 7.05 Å². The van der Waals surface area contributed by atoms with Crippen LogP contribution in [0.1, 0.15) is 18.9 Å². The number of nitrogens with one attached hydrogen (secondary N) is 1. The second-order valence-electron chi connectivity index (χ2n) is 7.65. The first-order valence-electron chi connectivity index (χ1n) is 10.0. The Morgan fingerprint density at radius 3 is 2.29 bits per heavy atom. The number of ether oxygens (including phenoxy) is 1. The minimum atomic E-state index is -3.54. The molecule has 0 saturated carbocycles. The van der Waals surface area contributed by atoms with Crippen LogP contribution in [-0.4, -0.2) is 28.1 Å². The summed E-state index contributed by atoms with van der Waals surface area (Å²) >= 11 is 0. The van der Waals surface area contributed by atoms with Crippen LogP contribution in [-0.2, 0) is 20.4 Å². The molecule has 1 fully saturated rings. The average Bonchev–Trinajstić information content (AvgIpc) is 2.80. The smallest absolute Gasteiger partial charge is 0.415 e. The third-order valence-corrected chi connectivity index (χ3v) is 7.05. The van der Waals surface area contributed by atoms with Crippen LogP contribution in [0.4, 0.5) is 10.5 Å². The zero-order chi connectivity index (χ0) is 22.1. The van der Waals surface area contributed by atoms with E-state index in [0.29, 0.717) is 18.7 Å². The predicted molar refractivity (Wildman–Crippen MR) is 120 cm³/mol. The van der Waals surface area contributed by atoms with Gasteiger partial charge in [-0.2, -0.15) is 0 Å². The van der Waals surface area contributed by atoms with Gasteiger partial charge in [-0.25, -0.2) is 17.9 Å². The molecule has 1 saturated heterocycles. The normalized spacial score (nSPS) is 19.2. The monoisotopic (exact) mass is 436 g/mol. The van der Waals surface area contributed by atoms with E-state index in [-0.39, 0.29) is 4.90 Å². The Balaban J connectivity index is 1.60. The average molecular weight is 437 g/mol. The molecule has 1 aliphatic heterocycles. The van der Waals surface area contributed by atoms with E-state index in [1.807, 2.05) is 67.6 Å². The topological polar surface area (TPSA) is 75.7 Å². The van der Waals surface area contributed by atoms with Crippen molar-refractivity contribution in [1.82, 2.24) is 4.72 Å². The Bertz CT molecular complexity index is 1210. The molecule has 6 nitrogen and oxygen atoms in total. The Morgan fingerprint density at radius 2 is 1.61 bits per heavy atom. The van der Waals surface area contributed by atoms with Gasteiger partial charge in [0, 0.05) is 18.7 Å². The van der Waals surface area contributed by atoms with E-state index >= 15 is 0 Å². The summed E-state index contributed by atoms with van der Waals surface area (Å²) in [6, 6.07) is 23.9. The molecule has 0 bridgehead atoms. The fourth-order valence-electron chi connectivity index (χ4n) is 3.76. The van der Waals surface area contributed by atoms with Crippen LogP contribution in [0.5, 0.6) is 0 Å². The quantitative estimate of drug-likeness (QED) is 0.638. The van der Waals surface area contributed by atoms with Gasteiger partial charge in [-0.15, -0.1) is 0 Å². The number of rotatable bonds is 5. The number of cyclic esters (lactones) is 1. The fourth-order valence-corrected chi connectivity index (χ4v) is 4.53. The van der Waals surface area contributed by atoms with Gasteiger partial charge in [0.15, 0.2) is 0 Å². The zero-order valence-corrected chi connectivity index (χ0v) is 18.2. The molecule has 1 atom stereocenters. The SMILES string of the molecule is CNS(=O)(=O)c1cccc(-c2cccc(N3CCC(C)(c4ccccc4)OC3=O)c2)c1. The van der Waals surface area contributed by atoms with Crippen LogP contribution in [0.3, 0.4) is 0 Å². The molecule has 1 unspecified atom stereocenters. The number of benzene rings is 3. The van der Waals surface area contributed by atoms with Gasteiger partial charge >= 0.3 is 6.09 Å². The standard InChI is InChI=1S/C24H24N2O4S/c1-24(20-10-4-3-5-11-20)14-15-26(23(27)30-24)21-12-6-8-18(16-21)19-9-7-13-22(17-19)31(28,29)25-2/h3-13,16-17,25H,14-15H2,1-2H3. The number of hydrogen-bond donors (Lipinski definition) is 1. The first kappa shape index (κ1) is 21.1. The van der Waals surface area contributed by atoms with Crippen molar-refractivity contribution in [2.24, 2.45) is 0 Å². The molecule has 1 N–H and O–H groups in total. The van der Waals surface area contributed by atoms with Gasteiger partial charge in [-0.3, -0.25) is 4.90 Å². The molecule has 0 spiro atoms. The highest BCUT2D eigenvalue weighted by atomic mass is 32.2. The number of hydrogen-bond acceptors (Lipinski definition) is 4. The van der Waals surface area contributed by atoms with Crippen LogP contribution in [0.25, 0.3) is 11.1 Å². The Morgan fingerprint density at radius 1 is 0.935 bits per heavy atom. The summed E-state index contributed by atoms with van der Waals surface area (Å²) in [5.41, 5.74) is 2.58. The molecule has 0 aliphatic carbocycles. The van der Waals surface area contributed by atoms with Crippen LogP contribution < -0.4 is 9.62 Å². The van der Waals surface area contributed by atoms with Crippen molar-refractivity contribution in [3.05, 3.63) is 84.4 Å². The lowest BCUT2D eigenvalue weighted by Crippen LogP contribution is -2.46. The zero-order valence-electron chi connectivity index (χ0n) is 17.4. The molecular formula is C24H24N2O4S. The number of carbonyl (C=O) groups is 1. The third-order valence-electron chi connectivity index (χ3n) is 5.63. The van der Waals surface area contributed by atoms with Crippen LogP contribution in [0.15, 0.2) is 83.8 Å². The highest BCUT2D eigenvalue weighted by molar-refractivity contribution is 7.89. The maximum absolute atomic E-state index is 12.9. The minimum Gasteiger partial charge on any atom is -0.438 e. The van der Waals surface area contributed by atoms with Crippen molar-refractivity contribution < 1.29 is 17.9 Å². The lowest BCUT2D eigenvalue weighted by Gasteiger charge is -2.39. The lowest BCUT2D eigenvalue weighted by molar-refractivity contribution is 0.00582. The van der Waals surface area contributed by atoms with E-state index in [4.69, 9.17) is 4.74 Å². The molecule has 160 valence electrons. The number of nitrogens with zero attached hydrogens (tertiary/aromatic N) is 1. The highest BCUT2D eigenvalue weighted by Gasteiger charge is 2.38. The summed E-state index contributed by atoms with van der Waals surface area (Å²) in [6.07, 6.45) is 0.254. The van der Waals surface area contributed by atoms with Crippen molar-refractivity contribution in [1.29, 1.82) is 0 Å². The lowest BCUT2D eigenvalue weighted by atomic mass is 9.91. The Kier molecular flexibility index (Phi) is 5.56. The second-order valence-corrected chi connectivity index (χ2v) is 9.54. The number of sulfonamides is 1. The minimum absolute atomic E-state index is 0.189. The molecule has 0 aromatic heterocycles. The molecule has 3 aromatic rings.